The molecule has 1 aromatic heterocycles. The minimum absolute atomic E-state index is 0.0269. The minimum Gasteiger partial charge on any atom is -0.355 e. The van der Waals surface area contributed by atoms with Crippen LogP contribution in [0.1, 0.15) is 24.4 Å². The number of rotatable bonds is 6. The first kappa shape index (κ1) is 18.8. The number of likely N-dealkylation sites (N-methyl/N-ethyl adjacent to an activating group) is 1. The number of nitrogens with one attached hydrogen (secondary N) is 2. The Morgan fingerprint density at radius 3 is 2.46 bits per heavy atom. The molecule has 1 aliphatic rings. The van der Waals surface area contributed by atoms with E-state index in [1.807, 2.05) is 27.7 Å². The van der Waals surface area contributed by atoms with Crippen molar-refractivity contribution in [3.63, 3.8) is 0 Å². The van der Waals surface area contributed by atoms with Crippen LogP contribution in [-0.4, -0.2) is 71.9 Å². The highest BCUT2D eigenvalue weighted by Gasteiger charge is 2.26. The maximum atomic E-state index is 12.4. The summed E-state index contributed by atoms with van der Waals surface area (Å²) in [6.07, 6.45) is 0. The fourth-order valence-corrected chi connectivity index (χ4v) is 3.48. The molecule has 0 spiro atoms. The first-order valence-electron chi connectivity index (χ1n) is 8.38. The molecule has 1 atom stereocenters. The molecule has 7 nitrogen and oxygen atoms in total. The molecule has 1 saturated heterocycles. The summed E-state index contributed by atoms with van der Waals surface area (Å²) in [5.74, 6) is 0.0344. The Balaban J connectivity index is 1.80. The zero-order chi connectivity index (χ0) is 17.7. The molecule has 1 aromatic rings. The van der Waals surface area contributed by atoms with Gasteiger partial charge in [-0.15, -0.1) is 11.3 Å². The van der Waals surface area contributed by atoms with Crippen LogP contribution >= 0.6 is 11.3 Å². The Morgan fingerprint density at radius 2 is 1.92 bits per heavy atom. The quantitative estimate of drug-likeness (QED) is 0.792. The number of amides is 2. The Labute approximate surface area is 147 Å². The highest BCUT2D eigenvalue weighted by Crippen LogP contribution is 2.21. The van der Waals surface area contributed by atoms with Crippen LogP contribution in [-0.2, 0) is 9.59 Å². The van der Waals surface area contributed by atoms with Gasteiger partial charge in [-0.1, -0.05) is 0 Å². The van der Waals surface area contributed by atoms with Crippen LogP contribution in [0.4, 0.5) is 5.13 Å². The summed E-state index contributed by atoms with van der Waals surface area (Å²) in [6, 6.07) is -0.207. The van der Waals surface area contributed by atoms with E-state index in [9.17, 15) is 9.59 Å². The molecule has 2 N–H and O–H groups in total. The second-order valence-corrected chi connectivity index (χ2v) is 7.29. The number of carbonyl (C=O) groups excluding carboxylic acids is 2. The van der Waals surface area contributed by atoms with Crippen LogP contribution < -0.4 is 10.6 Å². The van der Waals surface area contributed by atoms with E-state index < -0.39 is 0 Å². The Hall–Kier alpha value is -1.51. The third-order valence-electron chi connectivity index (χ3n) is 4.33. The van der Waals surface area contributed by atoms with Crippen LogP contribution in [0.25, 0.3) is 0 Å². The fraction of sp³-hybridized carbons (Fsp3) is 0.688. The third kappa shape index (κ3) is 4.99. The minimum atomic E-state index is -0.207. The van der Waals surface area contributed by atoms with Gasteiger partial charge in [-0.2, -0.15) is 0 Å². The topological polar surface area (TPSA) is 77.6 Å². The molecule has 0 aromatic carbocycles. The van der Waals surface area contributed by atoms with Crippen molar-refractivity contribution in [1.82, 2.24) is 20.1 Å². The van der Waals surface area contributed by atoms with E-state index in [-0.39, 0.29) is 17.9 Å². The first-order chi connectivity index (χ1) is 11.4. The number of thiazole rings is 1. The lowest BCUT2D eigenvalue weighted by molar-refractivity contribution is -0.124. The van der Waals surface area contributed by atoms with Crippen molar-refractivity contribution in [2.75, 3.05) is 44.6 Å². The largest absolute Gasteiger partial charge is 0.355 e. The fourth-order valence-electron chi connectivity index (χ4n) is 2.67. The van der Waals surface area contributed by atoms with Gasteiger partial charge in [0.05, 0.1) is 18.3 Å². The molecule has 0 saturated carbocycles. The van der Waals surface area contributed by atoms with Crippen molar-refractivity contribution in [3.8, 4) is 0 Å². The van der Waals surface area contributed by atoms with E-state index >= 15 is 0 Å². The molecule has 24 heavy (non-hydrogen) atoms. The average Bonchev–Trinajstić information content (AvgIpc) is 2.85. The van der Waals surface area contributed by atoms with E-state index in [2.05, 4.69) is 25.4 Å². The van der Waals surface area contributed by atoms with Gasteiger partial charge in [0, 0.05) is 37.6 Å². The van der Waals surface area contributed by atoms with Crippen LogP contribution in [0.3, 0.4) is 0 Å². The van der Waals surface area contributed by atoms with Gasteiger partial charge in [-0.05, 0) is 27.7 Å². The van der Waals surface area contributed by atoms with Crippen LogP contribution in [0.5, 0.6) is 0 Å². The number of aryl methyl sites for hydroxylation is 2. The predicted molar refractivity (Wildman–Crippen MR) is 96.4 cm³/mol. The van der Waals surface area contributed by atoms with Gasteiger partial charge in [-0.3, -0.25) is 19.4 Å². The molecule has 1 unspecified atom stereocenters. The van der Waals surface area contributed by atoms with Crippen molar-refractivity contribution in [1.29, 1.82) is 0 Å². The molecule has 0 aliphatic carbocycles. The smallest absolute Gasteiger partial charge is 0.243 e. The number of aromatic nitrogens is 1. The van der Waals surface area contributed by atoms with Crippen LogP contribution in [0.15, 0.2) is 0 Å². The van der Waals surface area contributed by atoms with Crippen LogP contribution in [0.2, 0.25) is 0 Å². The Kier molecular flexibility index (Phi) is 6.70. The van der Waals surface area contributed by atoms with E-state index in [0.29, 0.717) is 18.2 Å². The van der Waals surface area contributed by atoms with Gasteiger partial charge in [-0.25, -0.2) is 4.98 Å². The second-order valence-electron chi connectivity index (χ2n) is 6.09. The summed E-state index contributed by atoms with van der Waals surface area (Å²) < 4.78 is 0. The summed E-state index contributed by atoms with van der Waals surface area (Å²) in [5.41, 5.74) is 0.960. The number of anilines is 1. The average molecular weight is 353 g/mol. The molecule has 1 fully saturated rings. The SMILES string of the molecule is CCNC(=O)CN1CCN(C(C)C(=O)Nc2nc(C)c(C)s2)CC1. The molecule has 0 radical (unpaired) electrons. The summed E-state index contributed by atoms with van der Waals surface area (Å²) in [5, 5.41) is 6.39. The highest BCUT2D eigenvalue weighted by atomic mass is 32.1. The standard InChI is InChI=1S/C16H27N5O2S/c1-5-17-14(22)10-20-6-8-21(9-7-20)12(3)15(23)19-16-18-11(2)13(4)24-16/h12H,5-10H2,1-4H3,(H,17,22)(H,18,19,23). The molecule has 0 bridgehead atoms. The molecular weight excluding hydrogens is 326 g/mol. The predicted octanol–water partition coefficient (Wildman–Crippen LogP) is 0.841. The highest BCUT2D eigenvalue weighted by molar-refractivity contribution is 7.15. The van der Waals surface area contributed by atoms with E-state index in [4.69, 9.17) is 0 Å². The third-order valence-corrected chi connectivity index (χ3v) is 5.32. The Bertz CT molecular complexity index is 562. The molecular formula is C16H27N5O2S. The summed E-state index contributed by atoms with van der Waals surface area (Å²) in [6.45, 7) is 12.0. The summed E-state index contributed by atoms with van der Waals surface area (Å²) >= 11 is 1.50. The van der Waals surface area contributed by atoms with Crippen molar-refractivity contribution < 1.29 is 9.59 Å². The number of hydrogen-bond acceptors (Lipinski definition) is 6. The van der Waals surface area contributed by atoms with Crippen LogP contribution in [0, 0.1) is 13.8 Å². The van der Waals surface area contributed by atoms with Gasteiger partial charge >= 0.3 is 0 Å². The van der Waals surface area contributed by atoms with Crippen molar-refractivity contribution in [3.05, 3.63) is 10.6 Å². The first-order valence-corrected chi connectivity index (χ1v) is 9.20. The van der Waals surface area contributed by atoms with Gasteiger partial charge in [0.1, 0.15) is 0 Å². The van der Waals surface area contributed by atoms with E-state index in [0.717, 1.165) is 36.8 Å². The van der Waals surface area contributed by atoms with Crippen molar-refractivity contribution >= 4 is 28.3 Å². The Morgan fingerprint density at radius 1 is 1.25 bits per heavy atom. The maximum Gasteiger partial charge on any atom is 0.243 e. The molecule has 2 rings (SSSR count). The van der Waals surface area contributed by atoms with E-state index in [1.165, 1.54) is 11.3 Å². The lowest BCUT2D eigenvalue weighted by atomic mass is 10.2. The maximum absolute atomic E-state index is 12.4. The zero-order valence-electron chi connectivity index (χ0n) is 14.9. The van der Waals surface area contributed by atoms with Crippen molar-refractivity contribution in [2.45, 2.75) is 33.7 Å². The number of nitrogens with zero attached hydrogens (tertiary/aromatic N) is 3. The molecule has 2 heterocycles. The normalized spacial score (nSPS) is 17.5. The van der Waals surface area contributed by atoms with Gasteiger partial charge in [0.15, 0.2) is 5.13 Å². The molecule has 2 amide bonds. The van der Waals surface area contributed by atoms with Gasteiger partial charge in [0.25, 0.3) is 0 Å². The van der Waals surface area contributed by atoms with Gasteiger partial charge < -0.3 is 10.6 Å². The lowest BCUT2D eigenvalue weighted by Crippen LogP contribution is -2.54. The molecule has 1 aliphatic heterocycles. The number of carbonyl (C=O) groups is 2. The van der Waals surface area contributed by atoms with Gasteiger partial charge in [0.2, 0.25) is 11.8 Å². The summed E-state index contributed by atoms with van der Waals surface area (Å²) in [7, 11) is 0. The lowest BCUT2D eigenvalue weighted by Gasteiger charge is -2.36. The number of hydrogen-bond donors (Lipinski definition) is 2. The zero-order valence-corrected chi connectivity index (χ0v) is 15.7. The molecule has 134 valence electrons. The molecule has 8 heteroatoms. The van der Waals surface area contributed by atoms with E-state index in [1.54, 1.807) is 0 Å². The number of piperazine rings is 1. The monoisotopic (exact) mass is 353 g/mol. The van der Waals surface area contributed by atoms with Crippen molar-refractivity contribution in [2.24, 2.45) is 0 Å². The summed E-state index contributed by atoms with van der Waals surface area (Å²) in [4.78, 5) is 33.8. The second kappa shape index (κ2) is 8.55.